The molecule has 0 aromatic carbocycles. The Morgan fingerprint density at radius 2 is 2.31 bits per heavy atom. The van der Waals surface area contributed by atoms with E-state index in [0.717, 1.165) is 0 Å². The molecule has 2 saturated heterocycles. The van der Waals surface area contributed by atoms with E-state index in [0.29, 0.717) is 0 Å². The van der Waals surface area contributed by atoms with E-state index in [9.17, 15) is 15.1 Å². The summed E-state index contributed by atoms with van der Waals surface area (Å²) in [4.78, 5) is 14.0. The number of aliphatic hydroxyl groups is 2. The lowest BCUT2D eigenvalue weighted by Crippen LogP contribution is -2.44. The van der Waals surface area contributed by atoms with Crippen LogP contribution in [0, 0.1) is 4.91 Å². The third-order valence-electron chi connectivity index (χ3n) is 2.25. The molecule has 0 aromatic heterocycles. The van der Waals surface area contributed by atoms with Gasteiger partial charge in [-0.3, -0.25) is 0 Å². The Labute approximate surface area is 73.1 Å². The van der Waals surface area contributed by atoms with Gasteiger partial charge in [0.2, 0.25) is 0 Å². The molecule has 7 heteroatoms. The van der Waals surface area contributed by atoms with Crippen LogP contribution >= 0.6 is 0 Å². The Hall–Kier alpha value is -0.760. The predicted molar refractivity (Wildman–Crippen MR) is 37.3 cm³/mol. The Morgan fingerprint density at radius 1 is 1.54 bits per heavy atom. The summed E-state index contributed by atoms with van der Waals surface area (Å²) < 4.78 is 10.0. The van der Waals surface area contributed by atoms with E-state index in [1.807, 2.05) is 0 Å². The van der Waals surface area contributed by atoms with Gasteiger partial charge in [-0.05, 0) is 0 Å². The van der Waals surface area contributed by atoms with E-state index in [1.54, 1.807) is 0 Å². The number of hydrogen-bond acceptors (Lipinski definition) is 7. The fourth-order valence-corrected chi connectivity index (χ4v) is 1.62. The summed E-state index contributed by atoms with van der Waals surface area (Å²) in [5.41, 5.74) is 0. The van der Waals surface area contributed by atoms with Crippen LogP contribution in [0.25, 0.3) is 0 Å². The van der Waals surface area contributed by atoms with Gasteiger partial charge in [0.25, 0.3) is 5.79 Å². The molecule has 0 aliphatic carbocycles. The van der Waals surface area contributed by atoms with Crippen molar-refractivity contribution in [3.05, 3.63) is 4.91 Å². The van der Waals surface area contributed by atoms with Crippen LogP contribution in [0.2, 0.25) is 0 Å². The Kier molecular flexibility index (Phi) is 1.95. The second-order valence-corrected chi connectivity index (χ2v) is 3.11. The number of hydrogen-bond donors (Lipinski definition) is 2. The van der Waals surface area contributed by atoms with Gasteiger partial charge in [0.15, 0.2) is 11.4 Å². The number of ether oxygens (including phenoxy) is 2. The number of fused-ring (bicyclic) bond motifs is 1. The quantitative estimate of drug-likeness (QED) is 0.314. The van der Waals surface area contributed by atoms with Crippen molar-refractivity contribution >= 4 is 0 Å². The van der Waals surface area contributed by atoms with E-state index in [1.165, 1.54) is 0 Å². The van der Waals surface area contributed by atoms with Crippen molar-refractivity contribution in [2.75, 3.05) is 13.2 Å². The van der Waals surface area contributed by atoms with Gasteiger partial charge in [-0.15, -0.1) is 4.91 Å². The lowest BCUT2D eigenvalue weighted by atomic mass is 10.1. The average molecular weight is 191 g/mol. The molecule has 2 rings (SSSR count). The zero-order valence-electron chi connectivity index (χ0n) is 6.62. The third-order valence-corrected chi connectivity index (χ3v) is 2.25. The standard InChI is InChI=1S/C6H9NO6/c8-3-1-11-5-4(3)12-2-6(5,9)13-7-10/h3-5,8-9H,1-2H2/t3-,4-,5+,6+/m1/s1. The maximum atomic E-state index is 9.83. The lowest BCUT2D eigenvalue weighted by Gasteiger charge is -2.21. The van der Waals surface area contributed by atoms with E-state index in [2.05, 4.69) is 10.2 Å². The minimum Gasteiger partial charge on any atom is -0.388 e. The smallest absolute Gasteiger partial charge is 0.290 e. The summed E-state index contributed by atoms with van der Waals surface area (Å²) in [5, 5.41) is 21.0. The van der Waals surface area contributed by atoms with Crippen LogP contribution in [-0.2, 0) is 14.3 Å². The molecule has 2 aliphatic rings. The molecule has 13 heavy (non-hydrogen) atoms. The molecule has 2 fully saturated rings. The molecule has 0 aromatic rings. The minimum atomic E-state index is -1.86. The molecule has 0 saturated carbocycles. The van der Waals surface area contributed by atoms with Crippen molar-refractivity contribution in [2.45, 2.75) is 24.1 Å². The lowest BCUT2D eigenvalue weighted by molar-refractivity contribution is -0.245. The molecular weight excluding hydrogens is 182 g/mol. The predicted octanol–water partition coefficient (Wildman–Crippen LogP) is -1.47. The molecule has 0 unspecified atom stereocenters. The summed E-state index contributed by atoms with van der Waals surface area (Å²) in [6.07, 6.45) is -2.29. The summed E-state index contributed by atoms with van der Waals surface area (Å²) in [7, 11) is 0. The molecule has 4 atom stereocenters. The van der Waals surface area contributed by atoms with Gasteiger partial charge in [0.1, 0.15) is 18.8 Å². The van der Waals surface area contributed by atoms with Crippen molar-refractivity contribution in [3.63, 3.8) is 0 Å². The van der Waals surface area contributed by atoms with E-state index in [4.69, 9.17) is 9.47 Å². The monoisotopic (exact) mass is 191 g/mol. The van der Waals surface area contributed by atoms with Gasteiger partial charge >= 0.3 is 0 Å². The molecular formula is C6H9NO6. The SMILES string of the molecule is O=NO[C@@]1(O)CO[C@@H]2[C@H](O)CO[C@@H]21. The molecule has 0 amide bonds. The van der Waals surface area contributed by atoms with Crippen molar-refractivity contribution in [1.29, 1.82) is 0 Å². The highest BCUT2D eigenvalue weighted by atomic mass is 16.8. The Morgan fingerprint density at radius 3 is 3.00 bits per heavy atom. The Bertz CT molecular complexity index is 223. The second kappa shape index (κ2) is 2.88. The van der Waals surface area contributed by atoms with Crippen molar-refractivity contribution < 1.29 is 24.5 Å². The van der Waals surface area contributed by atoms with Crippen LogP contribution in [0.5, 0.6) is 0 Å². The first-order chi connectivity index (χ1) is 6.17. The van der Waals surface area contributed by atoms with Gasteiger partial charge < -0.3 is 24.5 Å². The first-order valence-electron chi connectivity index (χ1n) is 3.82. The first-order valence-corrected chi connectivity index (χ1v) is 3.82. The molecule has 0 spiro atoms. The van der Waals surface area contributed by atoms with E-state index >= 15 is 0 Å². The zero-order chi connectivity index (χ0) is 9.47. The van der Waals surface area contributed by atoms with Crippen molar-refractivity contribution in [2.24, 2.45) is 5.34 Å². The van der Waals surface area contributed by atoms with Crippen molar-refractivity contribution in [1.82, 2.24) is 0 Å². The summed E-state index contributed by atoms with van der Waals surface area (Å²) in [5.74, 6) is -1.86. The summed E-state index contributed by atoms with van der Waals surface area (Å²) >= 11 is 0. The van der Waals surface area contributed by atoms with Gasteiger partial charge in [0, 0.05) is 0 Å². The van der Waals surface area contributed by atoms with Crippen molar-refractivity contribution in [3.8, 4) is 0 Å². The van der Waals surface area contributed by atoms with Crippen LogP contribution < -0.4 is 0 Å². The highest BCUT2D eigenvalue weighted by molar-refractivity contribution is 4.98. The van der Waals surface area contributed by atoms with Crippen LogP contribution in [0.3, 0.4) is 0 Å². The molecule has 0 bridgehead atoms. The van der Waals surface area contributed by atoms with Gasteiger partial charge in [-0.25, -0.2) is 0 Å². The van der Waals surface area contributed by atoms with Gasteiger partial charge in [0.05, 0.1) is 6.61 Å². The summed E-state index contributed by atoms with van der Waals surface area (Å²) in [6.45, 7) is -0.176. The first kappa shape index (κ1) is 8.82. The van der Waals surface area contributed by atoms with E-state index < -0.39 is 24.1 Å². The minimum absolute atomic E-state index is 0.0554. The fraction of sp³-hybridized carbons (Fsp3) is 1.00. The van der Waals surface area contributed by atoms with Crippen LogP contribution in [-0.4, -0.2) is 47.5 Å². The van der Waals surface area contributed by atoms with E-state index in [-0.39, 0.29) is 13.2 Å². The average Bonchev–Trinajstić information content (AvgIpc) is 2.58. The fourth-order valence-electron chi connectivity index (χ4n) is 1.62. The molecule has 2 N–H and O–H groups in total. The van der Waals surface area contributed by atoms with Crippen LogP contribution in [0.1, 0.15) is 0 Å². The maximum absolute atomic E-state index is 9.83. The molecule has 2 heterocycles. The highest BCUT2D eigenvalue weighted by Gasteiger charge is 2.58. The third kappa shape index (κ3) is 1.20. The van der Waals surface area contributed by atoms with Gasteiger partial charge in [-0.2, -0.15) is 0 Å². The zero-order valence-corrected chi connectivity index (χ0v) is 6.62. The van der Waals surface area contributed by atoms with Crippen LogP contribution in [0.4, 0.5) is 0 Å². The highest BCUT2D eigenvalue weighted by Crippen LogP contribution is 2.34. The Balaban J connectivity index is 2.13. The number of nitrogens with zero attached hydrogens (tertiary/aromatic N) is 1. The summed E-state index contributed by atoms with van der Waals surface area (Å²) in [6, 6.07) is 0. The number of aliphatic hydroxyl groups excluding tert-OH is 1. The van der Waals surface area contributed by atoms with Gasteiger partial charge in [-0.1, -0.05) is 0 Å². The number of rotatable bonds is 2. The maximum Gasteiger partial charge on any atom is 0.290 e. The van der Waals surface area contributed by atoms with Crippen LogP contribution in [0.15, 0.2) is 5.34 Å². The second-order valence-electron chi connectivity index (χ2n) is 3.11. The normalized spacial score (nSPS) is 48.9. The molecule has 7 nitrogen and oxygen atoms in total. The largest absolute Gasteiger partial charge is 0.388 e. The molecule has 74 valence electrons. The topological polar surface area (TPSA) is 97.6 Å². The molecule has 0 radical (unpaired) electrons. The molecule has 2 aliphatic heterocycles.